The number of amides is 1. The fraction of sp³-hybridized carbons (Fsp3) is 0.179. The predicted octanol–water partition coefficient (Wildman–Crippen LogP) is 4.99. The second kappa shape index (κ2) is 10.7. The SMILES string of the molecule is CCN(C(=O)c1cccc(Oc2cc(CC(N)c3cncn3C)ccc2C#N)c1)c1ccccc1. The molecule has 0 radical (unpaired) electrons. The maximum absolute atomic E-state index is 13.2. The zero-order valence-electron chi connectivity index (χ0n) is 19.8. The second-order valence-electron chi connectivity index (χ2n) is 8.20. The van der Waals surface area contributed by atoms with Crippen LogP contribution in [0.15, 0.2) is 85.3 Å². The molecular weight excluding hydrogens is 438 g/mol. The van der Waals surface area contributed by atoms with E-state index >= 15 is 0 Å². The second-order valence-corrected chi connectivity index (χ2v) is 8.20. The van der Waals surface area contributed by atoms with Crippen molar-refractivity contribution in [2.45, 2.75) is 19.4 Å². The summed E-state index contributed by atoms with van der Waals surface area (Å²) < 4.78 is 7.99. The van der Waals surface area contributed by atoms with Gasteiger partial charge in [-0.2, -0.15) is 5.26 Å². The van der Waals surface area contributed by atoms with Gasteiger partial charge in [0.15, 0.2) is 0 Å². The summed E-state index contributed by atoms with van der Waals surface area (Å²) in [6.07, 6.45) is 4.03. The van der Waals surface area contributed by atoms with E-state index in [1.165, 1.54) is 0 Å². The molecule has 0 aliphatic heterocycles. The van der Waals surface area contributed by atoms with Gasteiger partial charge in [-0.15, -0.1) is 0 Å². The Balaban J connectivity index is 1.56. The van der Waals surface area contributed by atoms with Gasteiger partial charge in [0.2, 0.25) is 0 Å². The van der Waals surface area contributed by atoms with Crippen molar-refractivity contribution in [1.29, 1.82) is 5.26 Å². The zero-order valence-corrected chi connectivity index (χ0v) is 19.8. The quantitative estimate of drug-likeness (QED) is 0.395. The number of para-hydroxylation sites is 1. The number of nitrogens with two attached hydrogens (primary N) is 1. The number of benzene rings is 3. The van der Waals surface area contributed by atoms with Crippen molar-refractivity contribution in [3.05, 3.63) is 108 Å². The van der Waals surface area contributed by atoms with E-state index in [0.717, 1.165) is 16.9 Å². The van der Waals surface area contributed by atoms with E-state index in [1.54, 1.807) is 47.8 Å². The Morgan fingerprint density at radius 3 is 2.63 bits per heavy atom. The number of ether oxygens (including phenoxy) is 1. The van der Waals surface area contributed by atoms with E-state index in [-0.39, 0.29) is 11.9 Å². The van der Waals surface area contributed by atoms with Crippen LogP contribution in [0.3, 0.4) is 0 Å². The van der Waals surface area contributed by atoms with Crippen LogP contribution >= 0.6 is 0 Å². The summed E-state index contributed by atoms with van der Waals surface area (Å²) in [6.45, 7) is 2.47. The lowest BCUT2D eigenvalue weighted by molar-refractivity contribution is 0.0988. The Kier molecular flexibility index (Phi) is 7.24. The first-order chi connectivity index (χ1) is 17.0. The summed E-state index contributed by atoms with van der Waals surface area (Å²) >= 11 is 0. The van der Waals surface area contributed by atoms with Crippen LogP contribution in [0.2, 0.25) is 0 Å². The molecule has 7 heteroatoms. The van der Waals surface area contributed by atoms with E-state index in [9.17, 15) is 10.1 Å². The summed E-state index contributed by atoms with van der Waals surface area (Å²) in [5, 5.41) is 9.60. The van der Waals surface area contributed by atoms with Crippen LogP contribution in [0, 0.1) is 11.3 Å². The number of carbonyl (C=O) groups is 1. The van der Waals surface area contributed by atoms with Crippen molar-refractivity contribution < 1.29 is 9.53 Å². The van der Waals surface area contributed by atoms with Crippen LogP contribution in [0.4, 0.5) is 5.69 Å². The number of anilines is 1. The molecule has 1 atom stereocenters. The average Bonchev–Trinajstić information content (AvgIpc) is 3.31. The lowest BCUT2D eigenvalue weighted by Crippen LogP contribution is -2.30. The van der Waals surface area contributed by atoms with Crippen molar-refractivity contribution in [3.63, 3.8) is 0 Å². The third kappa shape index (κ3) is 5.40. The summed E-state index contributed by atoms with van der Waals surface area (Å²) in [5.41, 5.74) is 9.96. The highest BCUT2D eigenvalue weighted by molar-refractivity contribution is 6.06. The standard InChI is InChI=1S/C28H27N5O2/c1-3-33(23-9-5-4-6-10-23)28(34)21-8-7-11-24(16-21)35-27-15-20(12-13-22(27)17-29)14-25(30)26-18-31-19-32(26)2/h4-13,15-16,18-19,25H,3,14,30H2,1-2H3. The molecule has 1 amide bonds. The van der Waals surface area contributed by atoms with Crippen LogP contribution in [0.25, 0.3) is 0 Å². The van der Waals surface area contributed by atoms with Crippen LogP contribution in [0.5, 0.6) is 11.5 Å². The number of hydrogen-bond acceptors (Lipinski definition) is 5. The van der Waals surface area contributed by atoms with E-state index in [2.05, 4.69) is 11.1 Å². The number of rotatable bonds is 8. The normalized spacial score (nSPS) is 11.5. The molecule has 0 bridgehead atoms. The summed E-state index contributed by atoms with van der Waals surface area (Å²) in [4.78, 5) is 19.1. The minimum absolute atomic E-state index is 0.124. The van der Waals surface area contributed by atoms with Gasteiger partial charge in [-0.05, 0) is 61.4 Å². The molecular formula is C28H27N5O2. The van der Waals surface area contributed by atoms with Gasteiger partial charge >= 0.3 is 0 Å². The van der Waals surface area contributed by atoms with Gasteiger partial charge in [-0.3, -0.25) is 4.79 Å². The van der Waals surface area contributed by atoms with Crippen LogP contribution in [-0.4, -0.2) is 22.0 Å². The number of nitrogens with zero attached hydrogens (tertiary/aromatic N) is 4. The summed E-state index contributed by atoms with van der Waals surface area (Å²) in [5.74, 6) is 0.771. The molecule has 0 aliphatic carbocycles. The Morgan fingerprint density at radius 1 is 1.14 bits per heavy atom. The first-order valence-electron chi connectivity index (χ1n) is 11.4. The molecule has 4 aromatic rings. The minimum atomic E-state index is -0.248. The summed E-state index contributed by atoms with van der Waals surface area (Å²) in [7, 11) is 1.90. The third-order valence-corrected chi connectivity index (χ3v) is 5.79. The zero-order chi connectivity index (χ0) is 24.8. The minimum Gasteiger partial charge on any atom is -0.456 e. The first-order valence-corrected chi connectivity index (χ1v) is 11.4. The van der Waals surface area contributed by atoms with Crippen molar-refractivity contribution in [2.75, 3.05) is 11.4 Å². The molecule has 0 saturated carbocycles. The highest BCUT2D eigenvalue weighted by Gasteiger charge is 2.17. The van der Waals surface area contributed by atoms with Gasteiger partial charge in [0.1, 0.15) is 17.6 Å². The monoisotopic (exact) mass is 465 g/mol. The average molecular weight is 466 g/mol. The van der Waals surface area contributed by atoms with E-state index < -0.39 is 0 Å². The molecule has 4 rings (SSSR count). The smallest absolute Gasteiger partial charge is 0.258 e. The van der Waals surface area contributed by atoms with Crippen molar-refractivity contribution >= 4 is 11.6 Å². The molecule has 7 nitrogen and oxygen atoms in total. The Bertz CT molecular complexity index is 1360. The van der Waals surface area contributed by atoms with Crippen molar-refractivity contribution in [2.24, 2.45) is 12.8 Å². The number of imidazole rings is 1. The fourth-order valence-corrected chi connectivity index (χ4v) is 3.98. The molecule has 1 aromatic heterocycles. The van der Waals surface area contributed by atoms with Crippen LogP contribution < -0.4 is 15.4 Å². The van der Waals surface area contributed by atoms with E-state index in [0.29, 0.717) is 35.6 Å². The molecule has 1 unspecified atom stereocenters. The molecule has 0 aliphatic rings. The molecule has 176 valence electrons. The van der Waals surface area contributed by atoms with Gasteiger partial charge in [-0.25, -0.2) is 4.98 Å². The molecule has 3 aromatic carbocycles. The number of aromatic nitrogens is 2. The molecule has 0 saturated heterocycles. The molecule has 0 fully saturated rings. The maximum atomic E-state index is 13.2. The highest BCUT2D eigenvalue weighted by Crippen LogP contribution is 2.29. The first kappa shape index (κ1) is 23.7. The molecule has 2 N–H and O–H groups in total. The van der Waals surface area contributed by atoms with Crippen LogP contribution in [-0.2, 0) is 13.5 Å². The van der Waals surface area contributed by atoms with Gasteiger partial charge in [0, 0.05) is 31.0 Å². The molecule has 1 heterocycles. The lowest BCUT2D eigenvalue weighted by Gasteiger charge is -2.21. The van der Waals surface area contributed by atoms with E-state index in [4.69, 9.17) is 10.5 Å². The van der Waals surface area contributed by atoms with Gasteiger partial charge in [0.05, 0.1) is 23.6 Å². The highest BCUT2D eigenvalue weighted by atomic mass is 16.5. The maximum Gasteiger partial charge on any atom is 0.258 e. The van der Waals surface area contributed by atoms with Gasteiger partial charge in [-0.1, -0.05) is 30.3 Å². The number of aryl methyl sites for hydroxylation is 1. The topological polar surface area (TPSA) is 97.2 Å². The van der Waals surface area contributed by atoms with Crippen molar-refractivity contribution in [3.8, 4) is 17.6 Å². The Labute approximate surface area is 205 Å². The molecule has 35 heavy (non-hydrogen) atoms. The number of carbonyl (C=O) groups excluding carboxylic acids is 1. The van der Waals surface area contributed by atoms with Gasteiger partial charge in [0.25, 0.3) is 5.91 Å². The Hall–Kier alpha value is -4.41. The van der Waals surface area contributed by atoms with Gasteiger partial charge < -0.3 is 19.9 Å². The largest absolute Gasteiger partial charge is 0.456 e. The fourth-order valence-electron chi connectivity index (χ4n) is 3.98. The van der Waals surface area contributed by atoms with Crippen molar-refractivity contribution in [1.82, 2.24) is 9.55 Å². The lowest BCUT2D eigenvalue weighted by atomic mass is 10.0. The Morgan fingerprint density at radius 2 is 1.94 bits per heavy atom. The van der Waals surface area contributed by atoms with E-state index in [1.807, 2.05) is 61.0 Å². The molecule has 0 spiro atoms. The summed E-state index contributed by atoms with van der Waals surface area (Å²) in [6, 6.07) is 23.9. The third-order valence-electron chi connectivity index (χ3n) is 5.79. The van der Waals surface area contributed by atoms with Crippen LogP contribution in [0.1, 0.15) is 40.1 Å². The number of nitriles is 1. The predicted molar refractivity (Wildman–Crippen MR) is 135 cm³/mol. The number of hydrogen-bond donors (Lipinski definition) is 1.